The molecule has 0 aliphatic carbocycles. The average Bonchev–Trinajstić information content (AvgIpc) is 2.50. The number of aromatic hydroxyl groups is 1. The van der Waals surface area contributed by atoms with Gasteiger partial charge in [0, 0.05) is 5.56 Å². The molecule has 0 spiro atoms. The molecule has 2 aromatic carbocycles. The molecule has 0 radical (unpaired) electrons. The van der Waals surface area contributed by atoms with Crippen LogP contribution in [0.15, 0.2) is 42.5 Å². The molecular formula is C18H20O4. The molecule has 2 aromatic rings. The molecule has 0 saturated heterocycles. The monoisotopic (exact) mass is 300 g/mol. The number of hydrogen-bond donors (Lipinski definition) is 1. The predicted octanol–water partition coefficient (Wildman–Crippen LogP) is 3.45. The molecule has 0 amide bonds. The quantitative estimate of drug-likeness (QED) is 0.830. The summed E-state index contributed by atoms with van der Waals surface area (Å²) in [4.78, 5) is 11.2. The lowest BCUT2D eigenvalue weighted by molar-refractivity contribution is -0.148. The lowest BCUT2D eigenvalue weighted by Crippen LogP contribution is -2.12. The molecule has 4 nitrogen and oxygen atoms in total. The predicted molar refractivity (Wildman–Crippen MR) is 84.6 cm³/mol. The summed E-state index contributed by atoms with van der Waals surface area (Å²) >= 11 is 0. The van der Waals surface area contributed by atoms with Crippen molar-refractivity contribution in [3.63, 3.8) is 0 Å². The van der Waals surface area contributed by atoms with E-state index in [0.29, 0.717) is 13.2 Å². The van der Waals surface area contributed by atoms with Crippen LogP contribution >= 0.6 is 0 Å². The minimum Gasteiger partial charge on any atom is -0.507 e. The fraction of sp³-hybridized carbons (Fsp3) is 0.278. The van der Waals surface area contributed by atoms with E-state index in [0.717, 1.165) is 22.3 Å². The fourth-order valence-corrected chi connectivity index (χ4v) is 2.16. The van der Waals surface area contributed by atoms with Gasteiger partial charge in [-0.1, -0.05) is 29.8 Å². The molecule has 0 saturated carbocycles. The molecule has 0 fully saturated rings. The van der Waals surface area contributed by atoms with Crippen LogP contribution in [-0.2, 0) is 20.9 Å². The molecule has 0 aliphatic rings. The Morgan fingerprint density at radius 1 is 1.18 bits per heavy atom. The van der Waals surface area contributed by atoms with Crippen molar-refractivity contribution in [2.45, 2.75) is 20.5 Å². The maximum absolute atomic E-state index is 11.2. The van der Waals surface area contributed by atoms with Gasteiger partial charge in [0.15, 0.2) is 0 Å². The number of hydrogen-bond acceptors (Lipinski definition) is 4. The summed E-state index contributed by atoms with van der Waals surface area (Å²) < 4.78 is 10.1. The summed E-state index contributed by atoms with van der Waals surface area (Å²) in [7, 11) is 0. The van der Waals surface area contributed by atoms with E-state index in [9.17, 15) is 9.90 Å². The minimum atomic E-state index is -0.366. The van der Waals surface area contributed by atoms with Crippen molar-refractivity contribution < 1.29 is 19.4 Å². The van der Waals surface area contributed by atoms with Crippen LogP contribution in [-0.4, -0.2) is 24.3 Å². The van der Waals surface area contributed by atoms with Crippen molar-refractivity contribution in [1.29, 1.82) is 0 Å². The Bertz CT molecular complexity index is 649. The Morgan fingerprint density at radius 2 is 2.00 bits per heavy atom. The van der Waals surface area contributed by atoms with Gasteiger partial charge in [-0.2, -0.15) is 0 Å². The molecule has 0 aromatic heterocycles. The SMILES string of the molecule is CCOC(=O)COCc1cccc(-c2cc(C)ccc2O)c1. The molecule has 116 valence electrons. The van der Waals surface area contributed by atoms with Crippen molar-refractivity contribution in [2.24, 2.45) is 0 Å². The van der Waals surface area contributed by atoms with Gasteiger partial charge >= 0.3 is 5.97 Å². The van der Waals surface area contributed by atoms with Crippen LogP contribution in [0, 0.1) is 6.92 Å². The molecule has 0 aliphatic heterocycles. The highest BCUT2D eigenvalue weighted by Crippen LogP contribution is 2.30. The normalized spacial score (nSPS) is 10.5. The number of phenols is 1. The van der Waals surface area contributed by atoms with Crippen LogP contribution < -0.4 is 0 Å². The van der Waals surface area contributed by atoms with Crippen LogP contribution in [0.25, 0.3) is 11.1 Å². The van der Waals surface area contributed by atoms with Crippen LogP contribution in [0.5, 0.6) is 5.75 Å². The third-order valence-corrected chi connectivity index (χ3v) is 3.18. The first kappa shape index (κ1) is 16.0. The van der Waals surface area contributed by atoms with E-state index < -0.39 is 0 Å². The van der Waals surface area contributed by atoms with Crippen molar-refractivity contribution in [1.82, 2.24) is 0 Å². The Morgan fingerprint density at radius 3 is 2.77 bits per heavy atom. The van der Waals surface area contributed by atoms with E-state index >= 15 is 0 Å². The van der Waals surface area contributed by atoms with Gasteiger partial charge in [-0.05, 0) is 43.2 Å². The van der Waals surface area contributed by atoms with Gasteiger partial charge in [0.2, 0.25) is 0 Å². The molecule has 0 heterocycles. The summed E-state index contributed by atoms with van der Waals surface area (Å²) in [6.45, 7) is 4.35. The van der Waals surface area contributed by atoms with Crippen LogP contribution in [0.3, 0.4) is 0 Å². The summed E-state index contributed by atoms with van der Waals surface area (Å²) in [5, 5.41) is 9.99. The first-order chi connectivity index (χ1) is 10.6. The standard InChI is InChI=1S/C18H20O4/c1-3-22-18(20)12-21-11-14-5-4-6-15(10-14)16-9-13(2)7-8-17(16)19/h4-10,19H,3,11-12H2,1-2H3. The zero-order valence-electron chi connectivity index (χ0n) is 12.8. The van der Waals surface area contributed by atoms with E-state index in [2.05, 4.69) is 0 Å². The summed E-state index contributed by atoms with van der Waals surface area (Å²) in [6, 6.07) is 13.2. The van der Waals surface area contributed by atoms with Crippen molar-refractivity contribution in [3.05, 3.63) is 53.6 Å². The Kier molecular flexibility index (Phi) is 5.55. The van der Waals surface area contributed by atoms with Crippen LogP contribution in [0.1, 0.15) is 18.1 Å². The zero-order chi connectivity index (χ0) is 15.9. The molecular weight excluding hydrogens is 280 g/mol. The third kappa shape index (κ3) is 4.33. The highest BCUT2D eigenvalue weighted by atomic mass is 16.6. The largest absolute Gasteiger partial charge is 0.507 e. The van der Waals surface area contributed by atoms with Gasteiger partial charge in [0.05, 0.1) is 13.2 Å². The van der Waals surface area contributed by atoms with Crippen molar-refractivity contribution >= 4 is 5.97 Å². The summed E-state index contributed by atoms with van der Waals surface area (Å²) in [5.74, 6) is -0.120. The van der Waals surface area contributed by atoms with E-state index in [1.807, 2.05) is 43.3 Å². The van der Waals surface area contributed by atoms with Crippen LogP contribution in [0.2, 0.25) is 0 Å². The number of benzene rings is 2. The van der Waals surface area contributed by atoms with Gasteiger partial charge in [-0.3, -0.25) is 0 Å². The second-order valence-electron chi connectivity index (χ2n) is 5.02. The van der Waals surface area contributed by atoms with Gasteiger partial charge in [-0.25, -0.2) is 4.79 Å². The second kappa shape index (κ2) is 7.61. The summed E-state index contributed by atoms with van der Waals surface area (Å²) in [5.41, 5.74) is 3.71. The van der Waals surface area contributed by atoms with E-state index in [1.54, 1.807) is 13.0 Å². The number of esters is 1. The zero-order valence-corrected chi connectivity index (χ0v) is 12.8. The first-order valence-corrected chi connectivity index (χ1v) is 7.22. The Labute approximate surface area is 130 Å². The van der Waals surface area contributed by atoms with Gasteiger partial charge in [-0.15, -0.1) is 0 Å². The number of rotatable bonds is 6. The topological polar surface area (TPSA) is 55.8 Å². The van der Waals surface area contributed by atoms with E-state index in [1.165, 1.54) is 0 Å². The maximum atomic E-state index is 11.2. The molecule has 0 bridgehead atoms. The summed E-state index contributed by atoms with van der Waals surface area (Å²) in [6.07, 6.45) is 0. The number of aryl methyl sites for hydroxylation is 1. The molecule has 22 heavy (non-hydrogen) atoms. The molecule has 2 rings (SSSR count). The first-order valence-electron chi connectivity index (χ1n) is 7.22. The number of phenolic OH excluding ortho intramolecular Hbond substituents is 1. The second-order valence-corrected chi connectivity index (χ2v) is 5.02. The minimum absolute atomic E-state index is 0.0617. The Balaban J connectivity index is 2.07. The lowest BCUT2D eigenvalue weighted by atomic mass is 10.0. The third-order valence-electron chi connectivity index (χ3n) is 3.18. The van der Waals surface area contributed by atoms with Gasteiger partial charge in [0.1, 0.15) is 12.4 Å². The van der Waals surface area contributed by atoms with Crippen molar-refractivity contribution in [2.75, 3.05) is 13.2 Å². The van der Waals surface area contributed by atoms with Crippen molar-refractivity contribution in [3.8, 4) is 16.9 Å². The van der Waals surface area contributed by atoms with Gasteiger partial charge < -0.3 is 14.6 Å². The molecule has 0 unspecified atom stereocenters. The fourth-order valence-electron chi connectivity index (χ4n) is 2.16. The number of carbonyl (C=O) groups excluding carboxylic acids is 1. The molecule has 0 atom stereocenters. The maximum Gasteiger partial charge on any atom is 0.332 e. The highest BCUT2D eigenvalue weighted by Gasteiger charge is 2.06. The Hall–Kier alpha value is -2.33. The highest BCUT2D eigenvalue weighted by molar-refractivity contribution is 5.71. The van der Waals surface area contributed by atoms with E-state index in [4.69, 9.17) is 9.47 Å². The molecule has 1 N–H and O–H groups in total. The number of ether oxygens (including phenoxy) is 2. The number of carbonyl (C=O) groups is 1. The van der Waals surface area contributed by atoms with E-state index in [-0.39, 0.29) is 18.3 Å². The lowest BCUT2D eigenvalue weighted by Gasteiger charge is -2.09. The van der Waals surface area contributed by atoms with Crippen LogP contribution in [0.4, 0.5) is 0 Å². The molecule has 4 heteroatoms. The van der Waals surface area contributed by atoms with Gasteiger partial charge in [0.25, 0.3) is 0 Å². The average molecular weight is 300 g/mol. The smallest absolute Gasteiger partial charge is 0.332 e.